The van der Waals surface area contributed by atoms with Crippen LogP contribution in [-0.2, 0) is 19.1 Å². The molecule has 0 aromatic rings. The van der Waals surface area contributed by atoms with Crippen molar-refractivity contribution in [3.05, 3.63) is 0 Å². The molecule has 5 nitrogen and oxygen atoms in total. The molecular weight excluding hydrogens is 254 g/mol. The number of hydrogen-bond donors (Lipinski definition) is 2. The zero-order valence-corrected chi connectivity index (χ0v) is 11.9. The van der Waals surface area contributed by atoms with Gasteiger partial charge in [0.2, 0.25) is 5.91 Å². The van der Waals surface area contributed by atoms with Crippen molar-refractivity contribution >= 4 is 24.5 Å². The second-order valence-corrected chi connectivity index (χ2v) is 5.09. The summed E-state index contributed by atoms with van der Waals surface area (Å²) in [5.41, 5.74) is 0. The van der Waals surface area contributed by atoms with E-state index in [0.717, 1.165) is 0 Å². The monoisotopic (exact) mass is 275 g/mol. The van der Waals surface area contributed by atoms with E-state index in [-0.39, 0.29) is 30.0 Å². The van der Waals surface area contributed by atoms with Gasteiger partial charge in [-0.2, -0.15) is 12.6 Å². The van der Waals surface area contributed by atoms with Gasteiger partial charge >= 0.3 is 5.97 Å². The van der Waals surface area contributed by atoms with Gasteiger partial charge in [-0.05, 0) is 13.8 Å². The van der Waals surface area contributed by atoms with Crippen molar-refractivity contribution in [2.24, 2.45) is 0 Å². The van der Waals surface area contributed by atoms with E-state index < -0.39 is 12.0 Å². The molecule has 1 aliphatic heterocycles. The number of carbonyl (C=O) groups excluding carboxylic acids is 2. The minimum absolute atomic E-state index is 0.0850. The van der Waals surface area contributed by atoms with Crippen LogP contribution in [0.15, 0.2) is 0 Å². The SMILES string of the molecule is CC(=O)N[C@@H](CS)C(=O)OC1CC(C)OC(C)C1. The topological polar surface area (TPSA) is 64.6 Å². The zero-order chi connectivity index (χ0) is 13.7. The third kappa shape index (κ3) is 4.86. The number of nitrogens with one attached hydrogen (secondary N) is 1. The first-order valence-electron chi connectivity index (χ1n) is 6.16. The summed E-state index contributed by atoms with van der Waals surface area (Å²) in [5.74, 6) is -0.460. The number of esters is 1. The van der Waals surface area contributed by atoms with Gasteiger partial charge < -0.3 is 14.8 Å². The van der Waals surface area contributed by atoms with Crippen LogP contribution in [0.2, 0.25) is 0 Å². The van der Waals surface area contributed by atoms with Crippen LogP contribution in [0.25, 0.3) is 0 Å². The highest BCUT2D eigenvalue weighted by molar-refractivity contribution is 7.80. The van der Waals surface area contributed by atoms with E-state index in [0.29, 0.717) is 12.8 Å². The highest BCUT2D eigenvalue weighted by Gasteiger charge is 2.29. The van der Waals surface area contributed by atoms with Gasteiger partial charge in [0.15, 0.2) is 0 Å². The van der Waals surface area contributed by atoms with E-state index in [2.05, 4.69) is 17.9 Å². The minimum Gasteiger partial charge on any atom is -0.461 e. The van der Waals surface area contributed by atoms with Crippen LogP contribution in [0.3, 0.4) is 0 Å². The lowest BCUT2D eigenvalue weighted by molar-refractivity contribution is -0.162. The molecule has 1 aliphatic rings. The molecule has 0 spiro atoms. The molecule has 0 aromatic heterocycles. The van der Waals surface area contributed by atoms with Crippen molar-refractivity contribution in [2.75, 3.05) is 5.75 Å². The van der Waals surface area contributed by atoms with Gasteiger partial charge in [0.1, 0.15) is 12.1 Å². The average Bonchev–Trinajstić information content (AvgIpc) is 2.23. The summed E-state index contributed by atoms with van der Waals surface area (Å²) in [7, 11) is 0. The Kier molecular flexibility index (Phi) is 5.95. The number of hydrogen-bond acceptors (Lipinski definition) is 5. The molecule has 104 valence electrons. The first-order valence-corrected chi connectivity index (χ1v) is 6.79. The summed E-state index contributed by atoms with van der Waals surface area (Å²) >= 11 is 4.04. The quantitative estimate of drug-likeness (QED) is 0.591. The number of amides is 1. The second kappa shape index (κ2) is 6.99. The molecule has 0 saturated carbocycles. The van der Waals surface area contributed by atoms with Crippen molar-refractivity contribution < 1.29 is 19.1 Å². The maximum absolute atomic E-state index is 11.9. The highest BCUT2D eigenvalue weighted by atomic mass is 32.1. The summed E-state index contributed by atoms with van der Waals surface area (Å²) in [6.07, 6.45) is 1.40. The van der Waals surface area contributed by atoms with Crippen LogP contribution in [-0.4, -0.2) is 42.0 Å². The van der Waals surface area contributed by atoms with Crippen molar-refractivity contribution in [1.29, 1.82) is 0 Å². The highest BCUT2D eigenvalue weighted by Crippen LogP contribution is 2.22. The molecule has 1 saturated heterocycles. The molecule has 1 rings (SSSR count). The summed E-state index contributed by atoms with van der Waals surface area (Å²) in [6, 6.07) is -0.681. The molecule has 0 aliphatic carbocycles. The van der Waals surface area contributed by atoms with E-state index >= 15 is 0 Å². The van der Waals surface area contributed by atoms with Gasteiger partial charge in [0.25, 0.3) is 0 Å². The molecule has 0 radical (unpaired) electrons. The van der Waals surface area contributed by atoms with E-state index in [1.165, 1.54) is 6.92 Å². The van der Waals surface area contributed by atoms with Crippen LogP contribution in [0.5, 0.6) is 0 Å². The Hall–Kier alpha value is -0.750. The average molecular weight is 275 g/mol. The summed E-state index contributed by atoms with van der Waals surface area (Å²) in [4.78, 5) is 22.8. The van der Waals surface area contributed by atoms with Crippen molar-refractivity contribution in [1.82, 2.24) is 5.32 Å². The van der Waals surface area contributed by atoms with Gasteiger partial charge in [-0.3, -0.25) is 4.79 Å². The fraction of sp³-hybridized carbons (Fsp3) is 0.833. The van der Waals surface area contributed by atoms with Crippen molar-refractivity contribution in [3.63, 3.8) is 0 Å². The first-order chi connectivity index (χ1) is 8.42. The zero-order valence-electron chi connectivity index (χ0n) is 11.0. The molecule has 0 aromatic carbocycles. The summed E-state index contributed by atoms with van der Waals surface area (Å²) in [6.45, 7) is 5.28. The smallest absolute Gasteiger partial charge is 0.329 e. The molecule has 3 atom stereocenters. The predicted octanol–water partition coefficient (Wildman–Crippen LogP) is 0.920. The predicted molar refractivity (Wildman–Crippen MR) is 70.6 cm³/mol. The van der Waals surface area contributed by atoms with Crippen LogP contribution in [0, 0.1) is 0 Å². The number of thiol groups is 1. The molecule has 1 fully saturated rings. The number of carbonyl (C=O) groups is 2. The Labute approximate surface area is 113 Å². The Balaban J connectivity index is 2.49. The Morgan fingerprint density at radius 3 is 2.39 bits per heavy atom. The molecule has 1 N–H and O–H groups in total. The van der Waals surface area contributed by atoms with Crippen LogP contribution >= 0.6 is 12.6 Å². The second-order valence-electron chi connectivity index (χ2n) is 4.72. The number of rotatable bonds is 4. The lowest BCUT2D eigenvalue weighted by atomic mass is 10.0. The molecule has 1 amide bonds. The molecule has 18 heavy (non-hydrogen) atoms. The maximum Gasteiger partial charge on any atom is 0.329 e. The van der Waals surface area contributed by atoms with E-state index in [1.807, 2.05) is 13.8 Å². The lowest BCUT2D eigenvalue weighted by Crippen LogP contribution is -2.45. The largest absolute Gasteiger partial charge is 0.461 e. The molecule has 2 unspecified atom stereocenters. The third-order valence-corrected chi connectivity index (χ3v) is 3.15. The van der Waals surface area contributed by atoms with Crippen LogP contribution < -0.4 is 5.32 Å². The van der Waals surface area contributed by atoms with Crippen molar-refractivity contribution in [2.45, 2.75) is 58.0 Å². The normalized spacial score (nSPS) is 29.4. The molecule has 0 bridgehead atoms. The fourth-order valence-corrected chi connectivity index (χ4v) is 2.35. The van der Waals surface area contributed by atoms with Gasteiger partial charge in [-0.25, -0.2) is 4.79 Å². The lowest BCUT2D eigenvalue weighted by Gasteiger charge is -2.32. The maximum atomic E-state index is 11.9. The van der Waals surface area contributed by atoms with Gasteiger partial charge in [0, 0.05) is 25.5 Å². The van der Waals surface area contributed by atoms with E-state index in [1.54, 1.807) is 0 Å². The minimum atomic E-state index is -0.681. The molecule has 6 heteroatoms. The summed E-state index contributed by atoms with van der Waals surface area (Å²) in [5, 5.41) is 2.52. The molecule has 1 heterocycles. The van der Waals surface area contributed by atoms with Gasteiger partial charge in [0.05, 0.1) is 12.2 Å². The first kappa shape index (κ1) is 15.3. The van der Waals surface area contributed by atoms with Crippen LogP contribution in [0.4, 0.5) is 0 Å². The fourth-order valence-electron chi connectivity index (χ4n) is 2.11. The number of ether oxygens (including phenoxy) is 2. The van der Waals surface area contributed by atoms with Crippen LogP contribution in [0.1, 0.15) is 33.6 Å². The Morgan fingerprint density at radius 1 is 1.39 bits per heavy atom. The summed E-state index contributed by atoms with van der Waals surface area (Å²) < 4.78 is 11.0. The van der Waals surface area contributed by atoms with Gasteiger partial charge in [-0.15, -0.1) is 0 Å². The standard InChI is InChI=1S/C12H21NO4S/c1-7-4-10(5-8(2)16-7)17-12(15)11(6-18)13-9(3)14/h7-8,10-11,18H,4-6H2,1-3H3,(H,13,14)/t7?,8?,10?,11-/m0/s1. The molecular formula is C12H21NO4S. The van der Waals surface area contributed by atoms with Crippen molar-refractivity contribution in [3.8, 4) is 0 Å². The van der Waals surface area contributed by atoms with E-state index in [4.69, 9.17) is 9.47 Å². The van der Waals surface area contributed by atoms with Gasteiger partial charge in [-0.1, -0.05) is 0 Å². The van der Waals surface area contributed by atoms with E-state index in [9.17, 15) is 9.59 Å². The Morgan fingerprint density at radius 2 is 1.94 bits per heavy atom. The Bertz CT molecular complexity index is 300. The third-order valence-electron chi connectivity index (χ3n) is 2.78.